The lowest BCUT2D eigenvalue weighted by atomic mass is 9.92. The average molecular weight is 1280 g/mol. The van der Waals surface area contributed by atoms with Crippen LogP contribution in [-0.2, 0) is 32.9 Å². The lowest BCUT2D eigenvalue weighted by molar-refractivity contribution is -0.132. The van der Waals surface area contributed by atoms with E-state index in [-0.39, 0.29) is 82.4 Å². The molecule has 2 saturated carbocycles. The number of hydrogen-bond donors (Lipinski definition) is 2. The zero-order valence-corrected chi connectivity index (χ0v) is 50.0. The molecule has 2 aliphatic rings. The quantitative estimate of drug-likeness (QED) is 0.0636. The summed E-state index contributed by atoms with van der Waals surface area (Å²) in [6.07, 6.45) is 1.07. The van der Waals surface area contributed by atoms with E-state index in [0.29, 0.717) is 58.1 Å². The fourth-order valence-corrected chi connectivity index (χ4v) is 15.1. The van der Waals surface area contributed by atoms with Crippen LogP contribution in [-0.4, -0.2) is 96.5 Å². The van der Waals surface area contributed by atoms with E-state index in [2.05, 4.69) is 48.3 Å². The van der Waals surface area contributed by atoms with Crippen molar-refractivity contribution in [3.63, 3.8) is 0 Å². The van der Waals surface area contributed by atoms with Crippen LogP contribution >= 0.6 is 0 Å². The van der Waals surface area contributed by atoms with Crippen LogP contribution in [0.1, 0.15) is 118 Å². The van der Waals surface area contributed by atoms with Crippen LogP contribution in [0.3, 0.4) is 0 Å². The third-order valence-electron chi connectivity index (χ3n) is 16.9. The number of methoxy groups -OCH3 is 1. The molecule has 474 valence electrons. The summed E-state index contributed by atoms with van der Waals surface area (Å²) >= 11 is 0. The van der Waals surface area contributed by atoms with Gasteiger partial charge in [0.1, 0.15) is 11.6 Å². The lowest BCUT2D eigenvalue weighted by Crippen LogP contribution is -2.39. The highest BCUT2D eigenvalue weighted by Gasteiger charge is 2.41. The number of benzene rings is 2. The molecule has 12 rings (SSSR count). The number of hydrogen-bond acceptors (Lipinski definition) is 17. The fraction of sp³-hybridized carbons (Fsp3) is 0.433. The number of nitrogens with one attached hydrogen (secondary N) is 1. The Bertz CT molecular complexity index is 4600. The Balaban J connectivity index is 0.000000190. The van der Waals surface area contributed by atoms with Gasteiger partial charge in [0, 0.05) is 42.9 Å². The first-order chi connectivity index (χ1) is 41.7. The first kappa shape index (κ1) is 65.3. The van der Waals surface area contributed by atoms with E-state index in [9.17, 15) is 62.4 Å². The van der Waals surface area contributed by atoms with Crippen LogP contribution in [0.15, 0.2) is 114 Å². The Morgan fingerprint density at radius 3 is 1.42 bits per heavy atom. The van der Waals surface area contributed by atoms with Crippen molar-refractivity contribution in [1.82, 2.24) is 47.1 Å². The zero-order valence-electron chi connectivity index (χ0n) is 48.3. The highest BCUT2D eigenvalue weighted by atomic mass is 32.2. The maximum atomic E-state index is 13.5. The molecule has 0 bridgehead atoms. The monoisotopic (exact) mass is 1280 g/mol. The summed E-state index contributed by atoms with van der Waals surface area (Å²) in [7, 11) is -6.35. The predicted molar refractivity (Wildman–Crippen MR) is 321 cm³/mol. The number of nitrogens with zero attached hydrogens (tertiary/aromatic N) is 10. The van der Waals surface area contributed by atoms with Gasteiger partial charge in [-0.25, -0.2) is 34.7 Å². The molecule has 0 radical (unpaired) electrons. The van der Waals surface area contributed by atoms with Gasteiger partial charge >= 0.3 is 12.4 Å². The number of halogens is 6. The van der Waals surface area contributed by atoms with Crippen molar-refractivity contribution in [3.05, 3.63) is 160 Å². The van der Waals surface area contributed by atoms with Crippen molar-refractivity contribution in [3.8, 4) is 5.75 Å². The van der Waals surface area contributed by atoms with Crippen molar-refractivity contribution in [1.29, 1.82) is 0 Å². The summed E-state index contributed by atoms with van der Waals surface area (Å²) < 4.78 is 136. The number of aryl methyl sites for hydroxylation is 2. The number of rotatable bonds is 17. The summed E-state index contributed by atoms with van der Waals surface area (Å²) in [5.74, 6) is 2.21. The molecule has 0 saturated heterocycles. The number of fused-ring (bicyclic) bond motifs is 6. The number of nitrogens with two attached hydrogens (primary N) is 1. The van der Waals surface area contributed by atoms with E-state index in [4.69, 9.17) is 4.74 Å². The average Bonchev–Trinajstić information content (AvgIpc) is 1.72. The Morgan fingerprint density at radius 2 is 1.02 bits per heavy atom. The van der Waals surface area contributed by atoms with E-state index >= 15 is 0 Å². The molecular formula is C60H66F6N12O9S2. The number of aromatic nitrogens is 10. The Morgan fingerprint density at radius 1 is 0.596 bits per heavy atom. The van der Waals surface area contributed by atoms with E-state index in [1.165, 1.54) is 29.7 Å². The van der Waals surface area contributed by atoms with Crippen molar-refractivity contribution in [2.45, 2.75) is 133 Å². The predicted octanol–water partition coefficient (Wildman–Crippen LogP) is 8.87. The van der Waals surface area contributed by atoms with Crippen LogP contribution in [0.4, 0.5) is 32.0 Å². The molecule has 0 amide bonds. The molecule has 6 heterocycles. The molecule has 6 aromatic heterocycles. The van der Waals surface area contributed by atoms with E-state index in [0.717, 1.165) is 53.0 Å². The van der Waals surface area contributed by atoms with Crippen LogP contribution in [0, 0.1) is 37.5 Å². The lowest BCUT2D eigenvalue weighted by Gasteiger charge is -2.17. The number of anilines is 1. The third kappa shape index (κ3) is 12.7. The van der Waals surface area contributed by atoms with Gasteiger partial charge in [-0.05, 0) is 112 Å². The highest BCUT2D eigenvalue weighted by Crippen LogP contribution is 2.48. The second-order valence-corrected chi connectivity index (χ2v) is 26.2. The zero-order chi connectivity index (χ0) is 63.4. The molecule has 3 N–H and O–H groups in total. The molecular weight excluding hydrogens is 1210 g/mol. The maximum Gasteiger partial charge on any atom is 0.390 e. The van der Waals surface area contributed by atoms with Gasteiger partial charge in [0.2, 0.25) is 16.3 Å². The van der Waals surface area contributed by atoms with Gasteiger partial charge in [-0.1, -0.05) is 69.5 Å². The van der Waals surface area contributed by atoms with Crippen LogP contribution in [0.25, 0.3) is 33.6 Å². The van der Waals surface area contributed by atoms with E-state index < -0.39 is 73.5 Å². The van der Waals surface area contributed by atoms with Gasteiger partial charge in [-0.3, -0.25) is 28.0 Å². The fourth-order valence-electron chi connectivity index (χ4n) is 12.5. The third-order valence-corrected chi connectivity index (χ3v) is 20.2. The highest BCUT2D eigenvalue weighted by molar-refractivity contribution is 7.90. The van der Waals surface area contributed by atoms with Gasteiger partial charge in [0.25, 0.3) is 25.5 Å². The maximum absolute atomic E-state index is 13.5. The number of ether oxygens (including phenoxy) is 1. The van der Waals surface area contributed by atoms with Crippen LogP contribution < -0.4 is 37.5 Å². The van der Waals surface area contributed by atoms with Gasteiger partial charge in [-0.2, -0.15) is 26.3 Å². The summed E-state index contributed by atoms with van der Waals surface area (Å²) in [6, 6.07) is 16.7. The number of alkyl halides is 6. The summed E-state index contributed by atoms with van der Waals surface area (Å²) in [6.45, 7) is 7.17. The van der Waals surface area contributed by atoms with Crippen molar-refractivity contribution >= 4 is 59.4 Å². The van der Waals surface area contributed by atoms with Crippen molar-refractivity contribution < 1.29 is 47.9 Å². The first-order valence-electron chi connectivity index (χ1n) is 28.5. The van der Waals surface area contributed by atoms with Crippen molar-refractivity contribution in [2.75, 3.05) is 25.5 Å². The molecule has 2 fully saturated rings. The minimum Gasteiger partial charge on any atom is -0.492 e. The molecule has 10 aromatic rings. The second-order valence-electron chi connectivity index (χ2n) is 22.6. The molecule has 0 spiro atoms. The Labute approximate surface area is 506 Å². The topological polar surface area (TPSA) is 280 Å². The van der Waals surface area contributed by atoms with Crippen molar-refractivity contribution in [2.24, 2.45) is 29.4 Å². The molecule has 21 nitrogen and oxygen atoms in total. The molecule has 4 aromatic carbocycles. The molecule has 2 aliphatic carbocycles. The van der Waals surface area contributed by atoms with Gasteiger partial charge < -0.3 is 15.8 Å². The Hall–Kier alpha value is -8.18. The molecule has 29 heteroatoms. The van der Waals surface area contributed by atoms with E-state index in [1.807, 2.05) is 29.6 Å². The summed E-state index contributed by atoms with van der Waals surface area (Å²) in [5.41, 5.74) is 7.48. The molecule has 2 unspecified atom stereocenters. The van der Waals surface area contributed by atoms with Crippen LogP contribution in [0.5, 0.6) is 5.75 Å². The minimum atomic E-state index is -4.37. The smallest absolute Gasteiger partial charge is 0.390 e. The standard InChI is InChI=1S/C29H29F3N6O4S.C27H27N5O5S.C3H6F3N.CH4/c1-3-18-12-17(14-21-24(26(40)25(21)39)33-10-9-29(30,31)32)13-20(18)27-36-35-23-15-34-28-22(38(23)27)8-11-37(28)43(41,42)19-6-4-16(2)5-7-19;1-4-17-11-16(13-20-23(33)24(34)25(20)37-3)12-19(17)26-30-29-22-14-28-27-21(32(22)26)9-10-31(27)38(35,36)18-7-5-15(2)6-8-18;4-3(5,6)1-2-7;/h4-8,11,15,17-18,20,33H,3,9-10,12-14H2,1-2H3;5-10,14,16-17,19H,4,11-13H2,1-3H3;1-2,7H2;1H4/t17-,18+,20?;16-,17+,19?;;/m00../s1. The summed E-state index contributed by atoms with van der Waals surface area (Å²) in [4.78, 5) is 57.5. The second kappa shape index (κ2) is 25.4. The Kier molecular flexibility index (Phi) is 18.6. The van der Waals surface area contributed by atoms with Crippen LogP contribution in [0.2, 0.25) is 0 Å². The SMILES string of the molecule is C.CC[C@@H]1C[C@H](Cc2c(NCCC(F)(F)F)c(=O)c2=O)CC1c1nnc2cnc3c(ccn3S(=O)(=O)c3ccc(C)cc3)n12.CC[C@@H]1C[C@H](Cc2c(OC)c(=O)c2=O)CC1c1nnc2cnc3c(ccn3S(=O)(=O)c3ccc(C)cc3)n12.NCCC(F)(F)F. The minimum absolute atomic E-state index is 0. The largest absolute Gasteiger partial charge is 0.492 e. The summed E-state index contributed by atoms with van der Waals surface area (Å²) in [5, 5.41) is 20.2. The molecule has 0 aliphatic heterocycles. The molecule has 6 atom stereocenters. The van der Waals surface area contributed by atoms with Gasteiger partial charge in [-0.15, -0.1) is 20.4 Å². The normalized spacial score (nSPS) is 19.0. The first-order valence-corrected chi connectivity index (χ1v) is 31.4. The molecule has 89 heavy (non-hydrogen) atoms. The van der Waals surface area contributed by atoms with Gasteiger partial charge in [0.05, 0.1) is 64.4 Å². The van der Waals surface area contributed by atoms with E-state index in [1.54, 1.807) is 66.9 Å². The van der Waals surface area contributed by atoms with Gasteiger partial charge in [0.15, 0.2) is 28.3 Å².